The van der Waals surface area contributed by atoms with Crippen molar-refractivity contribution in [1.82, 2.24) is 5.32 Å². The van der Waals surface area contributed by atoms with Crippen molar-refractivity contribution in [1.29, 1.82) is 0 Å². The molecule has 38 heavy (non-hydrogen) atoms. The maximum Gasteiger partial charge on any atom is 0.228 e. The average Bonchev–Trinajstić information content (AvgIpc) is 2.88. The Hall–Kier alpha value is -3.59. The van der Waals surface area contributed by atoms with E-state index < -0.39 is 27.0 Å². The average molecular weight is 541 g/mol. The molecule has 0 bridgehead atoms. The molecule has 0 spiro atoms. The minimum Gasteiger partial charge on any atom is -0.347 e. The Morgan fingerprint density at radius 1 is 0.868 bits per heavy atom. The number of carbonyl (C=O) groups is 2. The van der Waals surface area contributed by atoms with Crippen LogP contribution in [0.4, 0.5) is 14.5 Å². The number of hydrogen-bond donors (Lipinski definition) is 2. The molecule has 2 N–H and O–H groups in total. The number of benzene rings is 3. The van der Waals surface area contributed by atoms with E-state index in [-0.39, 0.29) is 35.3 Å². The molecule has 6 nitrogen and oxygen atoms in total. The van der Waals surface area contributed by atoms with Crippen LogP contribution in [0.15, 0.2) is 71.6 Å². The number of nitrogens with one attached hydrogen (secondary N) is 2. The smallest absolute Gasteiger partial charge is 0.228 e. The van der Waals surface area contributed by atoms with Crippen LogP contribution in [0, 0.1) is 11.6 Å². The molecule has 0 aromatic heterocycles. The van der Waals surface area contributed by atoms with Crippen molar-refractivity contribution in [3.8, 4) is 0 Å². The Kier molecular flexibility index (Phi) is 8.26. The van der Waals surface area contributed by atoms with Gasteiger partial charge in [-0.2, -0.15) is 0 Å². The van der Waals surface area contributed by atoms with Gasteiger partial charge in [-0.1, -0.05) is 37.3 Å². The lowest BCUT2D eigenvalue weighted by Gasteiger charge is -2.43. The van der Waals surface area contributed by atoms with Gasteiger partial charge in [0, 0.05) is 12.1 Å². The van der Waals surface area contributed by atoms with Gasteiger partial charge >= 0.3 is 0 Å². The fourth-order valence-corrected chi connectivity index (χ4v) is 5.43. The summed E-state index contributed by atoms with van der Waals surface area (Å²) in [6.45, 7) is 1.59. The topological polar surface area (TPSA) is 92.3 Å². The quantitative estimate of drug-likeness (QED) is 0.376. The molecule has 2 amide bonds. The number of rotatable bonds is 10. The third kappa shape index (κ3) is 6.45. The second kappa shape index (κ2) is 11.4. The highest BCUT2D eigenvalue weighted by molar-refractivity contribution is 7.91. The van der Waals surface area contributed by atoms with Gasteiger partial charge in [0.15, 0.2) is 21.5 Å². The minimum atomic E-state index is -3.29. The van der Waals surface area contributed by atoms with Gasteiger partial charge in [-0.15, -0.1) is 0 Å². The van der Waals surface area contributed by atoms with Crippen LogP contribution < -0.4 is 10.6 Å². The van der Waals surface area contributed by atoms with E-state index in [4.69, 9.17) is 0 Å². The molecule has 0 unspecified atom stereocenters. The number of sulfone groups is 1. The second-order valence-corrected chi connectivity index (χ2v) is 11.9. The SMILES string of the molecule is CCS(=O)(=O)c1ccc(CC(=O)Nc2ccc(C3(NC(=O)CCc4ccc(F)c(F)c4)CCC3)cc2)cc1. The van der Waals surface area contributed by atoms with Gasteiger partial charge in [0.25, 0.3) is 0 Å². The number of amides is 2. The zero-order valence-electron chi connectivity index (χ0n) is 21.1. The summed E-state index contributed by atoms with van der Waals surface area (Å²) in [6.07, 6.45) is 3.12. The first-order valence-electron chi connectivity index (χ1n) is 12.6. The molecule has 9 heteroatoms. The molecule has 0 heterocycles. The maximum absolute atomic E-state index is 13.4. The first-order chi connectivity index (χ1) is 18.1. The fourth-order valence-electron chi connectivity index (χ4n) is 4.54. The second-order valence-electron chi connectivity index (χ2n) is 9.58. The van der Waals surface area contributed by atoms with Crippen LogP contribution in [-0.2, 0) is 37.8 Å². The molecule has 1 saturated carbocycles. The number of aryl methyl sites for hydroxylation is 1. The summed E-state index contributed by atoms with van der Waals surface area (Å²) in [6, 6.07) is 17.3. The zero-order valence-corrected chi connectivity index (χ0v) is 21.9. The molecule has 1 fully saturated rings. The van der Waals surface area contributed by atoms with Crippen LogP contribution in [-0.4, -0.2) is 26.0 Å². The van der Waals surface area contributed by atoms with Gasteiger partial charge in [0.05, 0.1) is 22.6 Å². The molecular formula is C29H30F2N2O4S. The summed E-state index contributed by atoms with van der Waals surface area (Å²) in [7, 11) is -3.29. The molecular weight excluding hydrogens is 510 g/mol. The van der Waals surface area contributed by atoms with Gasteiger partial charge in [0.1, 0.15) is 0 Å². The standard InChI is InChI=1S/C29H30F2N2O4S/c1-2-38(36,37)24-12-4-21(5-13-24)19-28(35)32-23-10-8-22(9-11-23)29(16-3-17-29)33-27(34)15-7-20-6-14-25(30)26(31)18-20/h4-6,8-14,18H,2-3,7,15-17,19H2,1H3,(H,32,35)(H,33,34). The Bertz CT molecular complexity index is 1420. The molecule has 0 radical (unpaired) electrons. The highest BCUT2D eigenvalue weighted by atomic mass is 32.2. The monoisotopic (exact) mass is 540 g/mol. The molecule has 0 aliphatic heterocycles. The lowest BCUT2D eigenvalue weighted by molar-refractivity contribution is -0.124. The van der Waals surface area contributed by atoms with E-state index in [1.807, 2.05) is 12.1 Å². The lowest BCUT2D eigenvalue weighted by atomic mass is 9.71. The van der Waals surface area contributed by atoms with E-state index in [2.05, 4.69) is 10.6 Å². The van der Waals surface area contributed by atoms with Gasteiger partial charge in [0.2, 0.25) is 11.8 Å². The van der Waals surface area contributed by atoms with Crippen molar-refractivity contribution in [2.45, 2.75) is 55.9 Å². The lowest BCUT2D eigenvalue weighted by Crippen LogP contribution is -2.50. The summed E-state index contributed by atoms with van der Waals surface area (Å²) in [5.41, 5.74) is 2.34. The third-order valence-corrected chi connectivity index (χ3v) is 8.71. The van der Waals surface area contributed by atoms with E-state index in [9.17, 15) is 26.8 Å². The van der Waals surface area contributed by atoms with Crippen LogP contribution in [0.25, 0.3) is 0 Å². The van der Waals surface area contributed by atoms with Crippen molar-refractivity contribution in [2.24, 2.45) is 0 Å². The summed E-state index contributed by atoms with van der Waals surface area (Å²) >= 11 is 0. The zero-order chi connectivity index (χ0) is 27.3. The van der Waals surface area contributed by atoms with Crippen molar-refractivity contribution in [3.63, 3.8) is 0 Å². The fraction of sp³-hybridized carbons (Fsp3) is 0.310. The molecule has 3 aromatic rings. The molecule has 1 aliphatic rings. The molecule has 1 aliphatic carbocycles. The Morgan fingerprint density at radius 2 is 1.53 bits per heavy atom. The largest absolute Gasteiger partial charge is 0.347 e. The Labute approximate surface area is 221 Å². The first-order valence-corrected chi connectivity index (χ1v) is 14.2. The minimum absolute atomic E-state index is 0.0189. The van der Waals surface area contributed by atoms with Crippen molar-refractivity contribution >= 4 is 27.3 Å². The van der Waals surface area contributed by atoms with Crippen molar-refractivity contribution in [2.75, 3.05) is 11.1 Å². The van der Waals surface area contributed by atoms with Gasteiger partial charge in [-0.25, -0.2) is 17.2 Å². The predicted octanol–water partition coefficient (Wildman–Crippen LogP) is 5.07. The number of anilines is 1. The normalized spacial score (nSPS) is 14.4. The Balaban J connectivity index is 1.32. The van der Waals surface area contributed by atoms with Gasteiger partial charge in [-0.3, -0.25) is 9.59 Å². The van der Waals surface area contributed by atoms with Gasteiger partial charge in [-0.05, 0) is 78.8 Å². The summed E-state index contributed by atoms with van der Waals surface area (Å²) in [4.78, 5) is 25.4. The molecule has 4 rings (SSSR count). The maximum atomic E-state index is 13.4. The number of hydrogen-bond acceptors (Lipinski definition) is 4. The molecule has 200 valence electrons. The van der Waals surface area contributed by atoms with E-state index in [0.29, 0.717) is 23.2 Å². The van der Waals surface area contributed by atoms with Crippen LogP contribution in [0.2, 0.25) is 0 Å². The molecule has 3 aromatic carbocycles. The summed E-state index contributed by atoms with van der Waals surface area (Å²) < 4.78 is 50.4. The van der Waals surface area contributed by atoms with Crippen LogP contribution in [0.1, 0.15) is 49.3 Å². The molecule has 0 atom stereocenters. The van der Waals surface area contributed by atoms with E-state index in [1.54, 1.807) is 31.2 Å². The van der Waals surface area contributed by atoms with Gasteiger partial charge < -0.3 is 10.6 Å². The van der Waals surface area contributed by atoms with E-state index in [0.717, 1.165) is 37.0 Å². The molecule has 0 saturated heterocycles. The summed E-state index contributed by atoms with van der Waals surface area (Å²) in [5.74, 6) is -2.21. The van der Waals surface area contributed by atoms with Crippen LogP contribution in [0.5, 0.6) is 0 Å². The number of halogens is 2. The van der Waals surface area contributed by atoms with E-state index in [1.165, 1.54) is 18.2 Å². The van der Waals surface area contributed by atoms with Crippen molar-refractivity contribution in [3.05, 3.63) is 95.1 Å². The van der Waals surface area contributed by atoms with Crippen LogP contribution in [0.3, 0.4) is 0 Å². The highest BCUT2D eigenvalue weighted by Gasteiger charge is 2.39. The van der Waals surface area contributed by atoms with E-state index >= 15 is 0 Å². The number of carbonyl (C=O) groups excluding carboxylic acids is 2. The third-order valence-electron chi connectivity index (χ3n) is 6.96. The predicted molar refractivity (Wildman–Crippen MR) is 141 cm³/mol. The summed E-state index contributed by atoms with van der Waals surface area (Å²) in [5, 5.41) is 5.96. The van der Waals surface area contributed by atoms with Crippen molar-refractivity contribution < 1.29 is 26.8 Å². The Morgan fingerprint density at radius 3 is 2.11 bits per heavy atom. The first kappa shape index (κ1) is 27.4. The van der Waals surface area contributed by atoms with Crippen LogP contribution >= 0.6 is 0 Å². The highest BCUT2D eigenvalue weighted by Crippen LogP contribution is 2.41.